The number of halogens is 5. The molecule has 0 spiro atoms. The Kier molecular flexibility index (Phi) is 7.09. The highest BCUT2D eigenvalue weighted by Crippen LogP contribution is 2.08. The maximum absolute atomic E-state index is 11.1. The molecule has 0 heterocycles. The van der Waals surface area contributed by atoms with E-state index in [0.717, 1.165) is 0 Å². The predicted octanol–water partition coefficient (Wildman–Crippen LogP) is 2.35. The van der Waals surface area contributed by atoms with Crippen molar-refractivity contribution in [2.24, 2.45) is 0 Å². The van der Waals surface area contributed by atoms with Crippen LogP contribution >= 0.6 is 0 Å². The summed E-state index contributed by atoms with van der Waals surface area (Å²) in [6, 6.07) is 0. The van der Waals surface area contributed by atoms with Crippen molar-refractivity contribution in [3.63, 3.8) is 0 Å². The minimum atomic E-state index is -4.79. The zero-order chi connectivity index (χ0) is 11.1. The molecule has 9 heteroatoms. The molecule has 0 fully saturated rings. The van der Waals surface area contributed by atoms with Crippen LogP contribution in [-0.4, -0.2) is 8.42 Å². The van der Waals surface area contributed by atoms with Crippen LogP contribution in [0.5, 0.6) is 0 Å². The third-order valence-electron chi connectivity index (χ3n) is 0.326. The molecule has 13 heavy (non-hydrogen) atoms. The Hall–Kier alpha value is -1.12. The van der Waals surface area contributed by atoms with Gasteiger partial charge in [-0.1, -0.05) is 10.5 Å². The Balaban J connectivity index is 0. The van der Waals surface area contributed by atoms with Crippen molar-refractivity contribution >= 4 is 10.5 Å². The molecule has 0 amide bonds. The van der Waals surface area contributed by atoms with Crippen LogP contribution in [0.2, 0.25) is 0 Å². The summed E-state index contributed by atoms with van der Waals surface area (Å²) in [5.74, 6) is 0. The zero-order valence-electron chi connectivity index (χ0n) is 5.81. The molecule has 0 radical (unpaired) electrons. The summed E-state index contributed by atoms with van der Waals surface area (Å²) in [6.07, 6.45) is -5.32. The van der Waals surface area contributed by atoms with E-state index in [1.807, 2.05) is 0 Å². The largest absolute Gasteiger partial charge is 0.488 e. The second-order valence-corrected chi connectivity index (χ2v) is 2.16. The van der Waals surface area contributed by atoms with Crippen molar-refractivity contribution in [3.05, 3.63) is 25.0 Å². The summed E-state index contributed by atoms with van der Waals surface area (Å²) in [5, 5.41) is 0. The van der Waals surface area contributed by atoms with E-state index in [-0.39, 0.29) is 0 Å². The number of rotatable bonds is 2. The molecule has 0 rings (SSSR count). The van der Waals surface area contributed by atoms with Gasteiger partial charge in [-0.15, -0.1) is 0 Å². The smallest absolute Gasteiger partial charge is 0.367 e. The fourth-order valence-electron chi connectivity index (χ4n) is 0.0813. The van der Waals surface area contributed by atoms with Gasteiger partial charge in [0.05, 0.1) is 0 Å². The third kappa shape index (κ3) is 18.1. The number of hydrogen-bond acceptors (Lipinski definition) is 3. The van der Waals surface area contributed by atoms with E-state index in [4.69, 9.17) is 0 Å². The van der Waals surface area contributed by atoms with Gasteiger partial charge in [0, 0.05) is 0 Å². The zero-order valence-corrected chi connectivity index (χ0v) is 6.62. The van der Waals surface area contributed by atoms with Gasteiger partial charge >= 0.3 is 22.7 Å². The molecular formula is C4H3F5O3S. The third-order valence-corrected chi connectivity index (χ3v) is 0.692. The predicted molar refractivity (Wildman–Crippen MR) is 32.8 cm³/mol. The van der Waals surface area contributed by atoms with Crippen LogP contribution in [0.25, 0.3) is 0 Å². The molecule has 0 unspecified atom stereocenters. The summed E-state index contributed by atoms with van der Waals surface area (Å²) in [5.41, 5.74) is 0. The molecule has 0 aromatic heterocycles. The summed E-state index contributed by atoms with van der Waals surface area (Å²) in [7, 11) is -4.79. The van der Waals surface area contributed by atoms with Gasteiger partial charge < -0.3 is 4.18 Å². The molecule has 0 atom stereocenters. The van der Waals surface area contributed by atoms with Gasteiger partial charge in [-0.3, -0.25) is 0 Å². The van der Waals surface area contributed by atoms with E-state index in [2.05, 4.69) is 10.8 Å². The van der Waals surface area contributed by atoms with Gasteiger partial charge in [0.15, 0.2) is 0 Å². The van der Waals surface area contributed by atoms with Crippen molar-refractivity contribution in [1.29, 1.82) is 0 Å². The fourth-order valence-corrected chi connectivity index (χ4v) is 0.244. The van der Waals surface area contributed by atoms with E-state index in [1.54, 1.807) is 0 Å². The molecule has 0 N–H and O–H groups in total. The summed E-state index contributed by atoms with van der Waals surface area (Å²) in [4.78, 5) is 0. The van der Waals surface area contributed by atoms with Crippen LogP contribution in [0, 0.1) is 0 Å². The Bertz CT molecular complexity index is 264. The molecule has 0 aliphatic carbocycles. The van der Waals surface area contributed by atoms with Crippen molar-refractivity contribution < 1.29 is 34.0 Å². The fraction of sp³-hybridized carbons (Fsp3) is 0. The van der Waals surface area contributed by atoms with Crippen molar-refractivity contribution in [2.45, 2.75) is 0 Å². The second kappa shape index (κ2) is 6.40. The highest BCUT2D eigenvalue weighted by Gasteiger charge is 2.00. The van der Waals surface area contributed by atoms with Gasteiger partial charge in [0.1, 0.15) is 6.26 Å². The first-order valence-corrected chi connectivity index (χ1v) is 3.61. The molecule has 0 saturated carbocycles. The Morgan fingerprint density at radius 1 is 1.15 bits per heavy atom. The van der Waals surface area contributed by atoms with Gasteiger partial charge in [-0.25, -0.2) is 0 Å². The Morgan fingerprint density at radius 2 is 1.46 bits per heavy atom. The van der Waals surface area contributed by atoms with E-state index in [0.29, 0.717) is 6.26 Å². The van der Waals surface area contributed by atoms with Gasteiger partial charge in [0.2, 0.25) is 0 Å². The molecular weight excluding hydrogens is 223 g/mol. The summed E-state index contributed by atoms with van der Waals surface area (Å²) < 4.78 is 74.1. The Morgan fingerprint density at radius 3 is 1.46 bits per heavy atom. The van der Waals surface area contributed by atoms with Gasteiger partial charge in [-0.05, 0) is 0 Å². The first-order chi connectivity index (χ1) is 5.70. The topological polar surface area (TPSA) is 43.4 Å². The molecule has 0 aliphatic rings. The Labute approximate surface area is 70.5 Å². The molecule has 78 valence electrons. The van der Waals surface area contributed by atoms with Gasteiger partial charge in [0.25, 0.3) is 0 Å². The molecule has 0 aromatic rings. The minimum Gasteiger partial charge on any atom is -0.367 e. The van der Waals surface area contributed by atoms with Crippen LogP contribution in [0.15, 0.2) is 25.0 Å². The first-order valence-electron chi connectivity index (χ1n) is 2.30. The first kappa shape index (κ1) is 14.4. The normalized spacial score (nSPS) is 9.31. The van der Waals surface area contributed by atoms with Gasteiger partial charge in [-0.2, -0.15) is 26.0 Å². The lowest BCUT2D eigenvalue weighted by molar-refractivity contribution is 0.308. The lowest BCUT2D eigenvalue weighted by Crippen LogP contribution is -1.88. The second-order valence-electron chi connectivity index (χ2n) is 1.18. The maximum Gasteiger partial charge on any atom is 0.488 e. The highest BCUT2D eigenvalue weighted by atomic mass is 32.3. The lowest BCUT2D eigenvalue weighted by Gasteiger charge is -1.83. The van der Waals surface area contributed by atoms with Crippen LogP contribution in [0.1, 0.15) is 0 Å². The van der Waals surface area contributed by atoms with Crippen molar-refractivity contribution in [3.8, 4) is 0 Å². The molecule has 3 nitrogen and oxygen atoms in total. The molecule has 0 saturated heterocycles. The lowest BCUT2D eigenvalue weighted by atomic mass is 11.1. The average Bonchev–Trinajstić information content (AvgIpc) is 1.85. The summed E-state index contributed by atoms with van der Waals surface area (Å²) >= 11 is 0. The van der Waals surface area contributed by atoms with Crippen LogP contribution in [0.4, 0.5) is 21.4 Å². The van der Waals surface area contributed by atoms with Crippen LogP contribution in [0.3, 0.4) is 0 Å². The molecule has 0 aliphatic heterocycles. The monoisotopic (exact) mass is 226 g/mol. The average molecular weight is 226 g/mol. The van der Waals surface area contributed by atoms with Crippen LogP contribution < -0.4 is 0 Å². The van der Waals surface area contributed by atoms with E-state index in [9.17, 15) is 29.9 Å². The van der Waals surface area contributed by atoms with E-state index in [1.165, 1.54) is 0 Å². The molecule has 0 aromatic carbocycles. The van der Waals surface area contributed by atoms with Crippen LogP contribution in [-0.2, 0) is 14.7 Å². The van der Waals surface area contributed by atoms with E-state index < -0.39 is 22.7 Å². The summed E-state index contributed by atoms with van der Waals surface area (Å²) in [6.45, 7) is 2.80. The molecule has 0 bridgehead atoms. The minimum absolute atomic E-state index is 0.495. The number of hydrogen-bond donors (Lipinski definition) is 0. The SMILES string of the molecule is C=COS(=O)(=O)F.FC(F)=C(F)F. The maximum atomic E-state index is 11.1. The van der Waals surface area contributed by atoms with Crippen molar-refractivity contribution in [2.75, 3.05) is 0 Å². The highest BCUT2D eigenvalue weighted by molar-refractivity contribution is 7.81. The quantitative estimate of drug-likeness (QED) is 0.412. The van der Waals surface area contributed by atoms with E-state index >= 15 is 0 Å². The standard InChI is InChI=1S/C2F4.C2H3FO3S/c3-1(4)2(5)6;1-2-6-7(3,4)5/h;2H,1H2. The van der Waals surface area contributed by atoms with Crippen molar-refractivity contribution in [1.82, 2.24) is 0 Å².